The monoisotopic (exact) mass is 369 g/mol. The summed E-state index contributed by atoms with van der Waals surface area (Å²) in [5.41, 5.74) is 1.64. The van der Waals surface area contributed by atoms with Crippen LogP contribution in [-0.2, 0) is 9.47 Å². The quantitative estimate of drug-likeness (QED) is 0.529. The number of hydrogen-bond acceptors (Lipinski definition) is 5. The van der Waals surface area contributed by atoms with Gasteiger partial charge in [0.2, 0.25) is 0 Å². The minimum absolute atomic E-state index is 0.167. The third kappa shape index (κ3) is 4.79. The average molecular weight is 369 g/mol. The van der Waals surface area contributed by atoms with Crippen LogP contribution in [0.1, 0.15) is 15.9 Å². The van der Waals surface area contributed by atoms with E-state index in [1.807, 2.05) is 0 Å². The van der Waals surface area contributed by atoms with E-state index < -0.39 is 6.29 Å². The third-order valence-electron chi connectivity index (χ3n) is 4.06. The zero-order chi connectivity index (χ0) is 19.8. The highest BCUT2D eigenvalue weighted by atomic mass is 16.7. The van der Waals surface area contributed by atoms with E-state index in [1.165, 1.54) is 33.3 Å². The van der Waals surface area contributed by atoms with Crippen LogP contribution in [0.15, 0.2) is 42.5 Å². The molecule has 0 aliphatic carbocycles. The van der Waals surface area contributed by atoms with E-state index in [-0.39, 0.29) is 12.5 Å². The zero-order valence-electron chi connectivity index (χ0n) is 15.9. The Hall–Kier alpha value is -3.01. The molecular formula is C21H23NO5. The number of amides is 1. The first-order valence-corrected chi connectivity index (χ1v) is 8.24. The largest absolute Gasteiger partial charge is 0.497 e. The van der Waals surface area contributed by atoms with Crippen molar-refractivity contribution in [3.63, 3.8) is 0 Å². The molecule has 0 saturated heterocycles. The number of hydrogen-bond donors (Lipinski definition) is 0. The molecule has 0 aromatic heterocycles. The van der Waals surface area contributed by atoms with Gasteiger partial charge < -0.3 is 23.8 Å². The highest BCUT2D eigenvalue weighted by molar-refractivity contribution is 6.08. The van der Waals surface area contributed by atoms with E-state index in [4.69, 9.17) is 25.4 Å². The molecular weight excluding hydrogens is 346 g/mol. The Bertz CT molecular complexity index is 824. The van der Waals surface area contributed by atoms with Crippen LogP contribution < -0.4 is 14.4 Å². The molecule has 0 saturated carbocycles. The van der Waals surface area contributed by atoms with Crippen molar-refractivity contribution < 1.29 is 23.7 Å². The number of ether oxygens (including phenoxy) is 4. The van der Waals surface area contributed by atoms with Crippen LogP contribution in [0.5, 0.6) is 11.5 Å². The van der Waals surface area contributed by atoms with Gasteiger partial charge in [0.05, 0.1) is 26.3 Å². The summed E-state index contributed by atoms with van der Waals surface area (Å²) >= 11 is 0. The first-order chi connectivity index (χ1) is 13.1. The maximum atomic E-state index is 13.4. The normalized spacial score (nSPS) is 10.4. The first-order valence-electron chi connectivity index (χ1n) is 8.24. The van der Waals surface area contributed by atoms with Crippen LogP contribution >= 0.6 is 0 Å². The fraction of sp³-hybridized carbons (Fsp3) is 0.286. The molecule has 0 atom stereocenters. The van der Waals surface area contributed by atoms with Gasteiger partial charge in [-0.3, -0.25) is 4.79 Å². The topological polar surface area (TPSA) is 57.2 Å². The van der Waals surface area contributed by atoms with E-state index in [1.54, 1.807) is 42.5 Å². The molecule has 0 radical (unpaired) electrons. The van der Waals surface area contributed by atoms with Gasteiger partial charge in [-0.05, 0) is 36.4 Å². The predicted molar refractivity (Wildman–Crippen MR) is 103 cm³/mol. The summed E-state index contributed by atoms with van der Waals surface area (Å²) in [4.78, 5) is 14.9. The molecule has 0 fully saturated rings. The Morgan fingerprint density at radius 1 is 1.07 bits per heavy atom. The van der Waals surface area contributed by atoms with Gasteiger partial charge in [0, 0.05) is 25.5 Å². The summed E-state index contributed by atoms with van der Waals surface area (Å²) in [7, 11) is 6.08. The van der Waals surface area contributed by atoms with Crippen molar-refractivity contribution in [2.45, 2.75) is 6.29 Å². The summed E-state index contributed by atoms with van der Waals surface area (Å²) < 4.78 is 21.2. The summed E-state index contributed by atoms with van der Waals surface area (Å²) in [6.07, 6.45) is 4.89. The van der Waals surface area contributed by atoms with Crippen LogP contribution in [0.3, 0.4) is 0 Å². The minimum Gasteiger partial charge on any atom is -0.497 e. The number of carbonyl (C=O) groups excluding carboxylic acids is 1. The SMILES string of the molecule is C#Cc1cccc(N(CC(OC)OC)C(=O)c2cc(OC)ccc2OC)c1. The molecule has 142 valence electrons. The standard InChI is InChI=1S/C21H23NO5/c1-6-15-8-7-9-16(12-15)22(14-20(26-4)27-5)21(23)18-13-17(24-2)10-11-19(18)25-3/h1,7-13,20H,14H2,2-5H3. The van der Waals surface area contributed by atoms with Crippen LogP contribution in [-0.4, -0.2) is 47.2 Å². The molecule has 0 aliphatic heterocycles. The molecule has 2 rings (SSSR count). The second-order valence-corrected chi connectivity index (χ2v) is 5.58. The molecule has 6 heteroatoms. The fourth-order valence-electron chi connectivity index (χ4n) is 2.59. The van der Waals surface area contributed by atoms with Gasteiger partial charge in [0.25, 0.3) is 5.91 Å². The lowest BCUT2D eigenvalue weighted by molar-refractivity contribution is -0.0942. The predicted octanol–water partition coefficient (Wildman–Crippen LogP) is 2.95. The highest BCUT2D eigenvalue weighted by Gasteiger charge is 2.25. The lowest BCUT2D eigenvalue weighted by Crippen LogP contribution is -2.39. The van der Waals surface area contributed by atoms with E-state index >= 15 is 0 Å². The molecule has 6 nitrogen and oxygen atoms in total. The van der Waals surface area contributed by atoms with Gasteiger partial charge in [0.15, 0.2) is 6.29 Å². The number of methoxy groups -OCH3 is 4. The Morgan fingerprint density at radius 3 is 2.41 bits per heavy atom. The molecule has 0 aliphatic rings. The Labute approximate surface area is 159 Å². The smallest absolute Gasteiger partial charge is 0.262 e. The van der Waals surface area contributed by atoms with Crippen molar-refractivity contribution in [2.24, 2.45) is 0 Å². The van der Waals surface area contributed by atoms with Crippen molar-refractivity contribution >= 4 is 11.6 Å². The van der Waals surface area contributed by atoms with Crippen molar-refractivity contribution in [3.8, 4) is 23.8 Å². The van der Waals surface area contributed by atoms with Gasteiger partial charge in [-0.15, -0.1) is 6.42 Å². The second kappa shape index (κ2) is 9.62. The van der Waals surface area contributed by atoms with Crippen LogP contribution in [0.2, 0.25) is 0 Å². The molecule has 0 bridgehead atoms. The average Bonchev–Trinajstić information content (AvgIpc) is 2.73. The van der Waals surface area contributed by atoms with Crippen molar-refractivity contribution in [2.75, 3.05) is 39.9 Å². The molecule has 0 spiro atoms. The summed E-state index contributed by atoms with van der Waals surface area (Å²) in [6.45, 7) is 0.167. The van der Waals surface area contributed by atoms with Gasteiger partial charge in [-0.1, -0.05) is 12.0 Å². The number of anilines is 1. The van der Waals surface area contributed by atoms with E-state index in [0.29, 0.717) is 28.3 Å². The summed E-state index contributed by atoms with van der Waals surface area (Å²) in [5.74, 6) is 3.27. The number of rotatable bonds is 8. The maximum Gasteiger partial charge on any atom is 0.262 e. The lowest BCUT2D eigenvalue weighted by Gasteiger charge is -2.27. The van der Waals surface area contributed by atoms with Gasteiger partial charge in [0.1, 0.15) is 11.5 Å². The number of nitrogens with zero attached hydrogens (tertiary/aromatic N) is 1. The third-order valence-corrected chi connectivity index (χ3v) is 4.06. The number of carbonyl (C=O) groups is 1. The van der Waals surface area contributed by atoms with Gasteiger partial charge >= 0.3 is 0 Å². The van der Waals surface area contributed by atoms with Crippen LogP contribution in [0.25, 0.3) is 0 Å². The first kappa shape index (κ1) is 20.3. The maximum absolute atomic E-state index is 13.4. The zero-order valence-corrected chi connectivity index (χ0v) is 15.9. The summed E-state index contributed by atoms with van der Waals surface area (Å²) in [5, 5.41) is 0. The minimum atomic E-state index is -0.611. The highest BCUT2D eigenvalue weighted by Crippen LogP contribution is 2.28. The lowest BCUT2D eigenvalue weighted by atomic mass is 10.1. The van der Waals surface area contributed by atoms with E-state index in [9.17, 15) is 4.79 Å². The second-order valence-electron chi connectivity index (χ2n) is 5.58. The van der Waals surface area contributed by atoms with Crippen molar-refractivity contribution in [1.82, 2.24) is 0 Å². The Balaban J connectivity index is 2.52. The summed E-state index contributed by atoms with van der Waals surface area (Å²) in [6, 6.07) is 12.2. The van der Waals surface area contributed by atoms with Crippen LogP contribution in [0.4, 0.5) is 5.69 Å². The molecule has 2 aromatic rings. The number of terminal acetylenes is 1. The van der Waals surface area contributed by atoms with Crippen molar-refractivity contribution in [3.05, 3.63) is 53.6 Å². The Kier molecular flexibility index (Phi) is 7.24. The molecule has 1 amide bonds. The molecule has 27 heavy (non-hydrogen) atoms. The van der Waals surface area contributed by atoms with Gasteiger partial charge in [-0.2, -0.15) is 0 Å². The molecule has 0 unspecified atom stereocenters. The van der Waals surface area contributed by atoms with E-state index in [2.05, 4.69) is 5.92 Å². The molecule has 0 heterocycles. The van der Waals surface area contributed by atoms with Crippen LogP contribution in [0, 0.1) is 12.3 Å². The van der Waals surface area contributed by atoms with E-state index in [0.717, 1.165) is 0 Å². The molecule has 0 N–H and O–H groups in total. The number of benzene rings is 2. The Morgan fingerprint density at radius 2 is 1.81 bits per heavy atom. The molecule has 2 aromatic carbocycles. The van der Waals surface area contributed by atoms with Crippen molar-refractivity contribution in [1.29, 1.82) is 0 Å². The fourth-order valence-corrected chi connectivity index (χ4v) is 2.59. The van der Waals surface area contributed by atoms with Gasteiger partial charge in [-0.25, -0.2) is 0 Å².